The van der Waals surface area contributed by atoms with Crippen molar-refractivity contribution < 1.29 is 4.57 Å². The van der Waals surface area contributed by atoms with Crippen molar-refractivity contribution in [2.24, 2.45) is 0 Å². The molecule has 2 nitrogen and oxygen atoms in total. The number of aromatic nitrogens is 2. The van der Waals surface area contributed by atoms with Crippen molar-refractivity contribution in [3.8, 4) is 33.8 Å². The van der Waals surface area contributed by atoms with E-state index in [4.69, 9.17) is 16.6 Å². The van der Waals surface area contributed by atoms with Gasteiger partial charge in [0.25, 0.3) is 0 Å². The van der Waals surface area contributed by atoms with Gasteiger partial charge in [0.05, 0.1) is 0 Å². The second-order valence-corrected chi connectivity index (χ2v) is 8.43. The van der Waals surface area contributed by atoms with Gasteiger partial charge < -0.3 is 0 Å². The van der Waals surface area contributed by atoms with E-state index in [1.54, 1.807) is 0 Å². The number of halogens is 1. The molecular weight excluding hydrogens is 424 g/mol. The number of rotatable bonds is 6. The Balaban J connectivity index is 1.69. The lowest BCUT2D eigenvalue weighted by molar-refractivity contribution is -0.675. The molecule has 0 spiro atoms. The van der Waals surface area contributed by atoms with Gasteiger partial charge in [-0.2, -0.15) is 4.57 Å². The van der Waals surface area contributed by atoms with Crippen molar-refractivity contribution in [1.29, 1.82) is 0 Å². The van der Waals surface area contributed by atoms with E-state index in [1.807, 2.05) is 30.5 Å². The second kappa shape index (κ2) is 9.81. The van der Waals surface area contributed by atoms with Crippen LogP contribution in [0.1, 0.15) is 5.56 Å². The van der Waals surface area contributed by atoms with E-state index in [-0.39, 0.29) is 0 Å². The molecule has 5 aromatic rings. The van der Waals surface area contributed by atoms with Crippen LogP contribution >= 0.6 is 11.6 Å². The molecule has 0 N–H and O–H groups in total. The van der Waals surface area contributed by atoms with Crippen LogP contribution in [0, 0.1) is 0 Å². The lowest BCUT2D eigenvalue weighted by atomic mass is 10.00. The fourth-order valence-corrected chi connectivity index (χ4v) is 4.25. The quantitative estimate of drug-likeness (QED) is 0.250. The first-order valence-electron chi connectivity index (χ1n) is 11.1. The molecule has 33 heavy (non-hydrogen) atoms. The van der Waals surface area contributed by atoms with Gasteiger partial charge in [-0.05, 0) is 53.1 Å². The molecule has 0 amide bonds. The Morgan fingerprint density at radius 1 is 0.606 bits per heavy atom. The first kappa shape index (κ1) is 21.1. The van der Waals surface area contributed by atoms with Crippen LogP contribution in [0.15, 0.2) is 121 Å². The molecule has 3 heteroatoms. The van der Waals surface area contributed by atoms with Gasteiger partial charge in [0.15, 0.2) is 6.54 Å². The summed E-state index contributed by atoms with van der Waals surface area (Å²) in [5, 5.41) is 0.762. The molecule has 3 aromatic carbocycles. The minimum Gasteiger partial charge on any atom is -0.250 e. The van der Waals surface area contributed by atoms with Crippen LogP contribution < -0.4 is 4.57 Å². The topological polar surface area (TPSA) is 16.8 Å². The number of hydrogen-bond acceptors (Lipinski definition) is 1. The zero-order valence-corrected chi connectivity index (χ0v) is 19.0. The lowest BCUT2D eigenvalue weighted by Crippen LogP contribution is -2.40. The third-order valence-electron chi connectivity index (χ3n) is 5.81. The average molecular weight is 448 g/mol. The zero-order valence-electron chi connectivity index (χ0n) is 18.2. The molecule has 0 saturated carbocycles. The highest BCUT2D eigenvalue weighted by molar-refractivity contribution is 6.30. The predicted octanol–water partition coefficient (Wildman–Crippen LogP) is 7.27. The molecule has 0 radical (unpaired) electrons. The van der Waals surface area contributed by atoms with Gasteiger partial charge in [-0.25, -0.2) is 4.98 Å². The number of benzene rings is 3. The fraction of sp³-hybridized carbons (Fsp3) is 0.0667. The minimum atomic E-state index is 0.762. The van der Waals surface area contributed by atoms with Gasteiger partial charge >= 0.3 is 0 Å². The van der Waals surface area contributed by atoms with Gasteiger partial charge in [-0.3, -0.25) is 0 Å². The summed E-state index contributed by atoms with van der Waals surface area (Å²) in [5.74, 6) is 0. The Morgan fingerprint density at radius 3 is 1.91 bits per heavy atom. The molecule has 160 valence electrons. The fourth-order valence-electron chi connectivity index (χ4n) is 4.13. The SMILES string of the molecule is Clc1ccc(CC[n+]2c(-c3ccccc3)cc(-c3ccccc3)cc2-c2ccccn2)cc1. The molecule has 2 aromatic heterocycles. The molecule has 0 aliphatic heterocycles. The Kier molecular flexibility index (Phi) is 6.27. The number of nitrogens with zero attached hydrogens (tertiary/aromatic N) is 2. The van der Waals surface area contributed by atoms with Crippen molar-refractivity contribution in [2.75, 3.05) is 0 Å². The lowest BCUT2D eigenvalue weighted by Gasteiger charge is -2.13. The average Bonchev–Trinajstić information content (AvgIpc) is 2.89. The maximum atomic E-state index is 6.10. The van der Waals surface area contributed by atoms with Crippen molar-refractivity contribution in [2.45, 2.75) is 13.0 Å². The van der Waals surface area contributed by atoms with E-state index >= 15 is 0 Å². The van der Waals surface area contributed by atoms with Crippen LogP contribution in [0.3, 0.4) is 0 Å². The number of aryl methyl sites for hydroxylation is 1. The number of hydrogen-bond donors (Lipinski definition) is 0. The van der Waals surface area contributed by atoms with E-state index in [0.29, 0.717) is 0 Å². The van der Waals surface area contributed by atoms with E-state index in [0.717, 1.165) is 29.4 Å². The Hall–Kier alpha value is -3.75. The van der Waals surface area contributed by atoms with Crippen LogP contribution in [0.5, 0.6) is 0 Å². The molecule has 5 rings (SSSR count). The summed E-state index contributed by atoms with van der Waals surface area (Å²) in [5.41, 5.74) is 8.04. The first-order chi connectivity index (χ1) is 16.3. The van der Waals surface area contributed by atoms with Crippen molar-refractivity contribution in [3.05, 3.63) is 132 Å². The third kappa shape index (κ3) is 4.87. The maximum absolute atomic E-state index is 6.10. The van der Waals surface area contributed by atoms with Crippen LogP contribution in [0.25, 0.3) is 33.8 Å². The highest BCUT2D eigenvalue weighted by atomic mass is 35.5. The van der Waals surface area contributed by atoms with Crippen molar-refractivity contribution in [3.63, 3.8) is 0 Å². The molecule has 0 fully saturated rings. The van der Waals surface area contributed by atoms with Gasteiger partial charge in [-0.1, -0.05) is 78.3 Å². The van der Waals surface area contributed by atoms with Crippen molar-refractivity contribution >= 4 is 11.6 Å². The Bertz CT molecular complexity index is 1270. The molecule has 2 heterocycles. The molecule has 0 atom stereocenters. The summed E-state index contributed by atoms with van der Waals surface area (Å²) in [6.07, 6.45) is 2.75. The van der Waals surface area contributed by atoms with Gasteiger partial charge in [0, 0.05) is 35.3 Å². The normalized spacial score (nSPS) is 10.8. The van der Waals surface area contributed by atoms with E-state index in [1.165, 1.54) is 27.9 Å². The summed E-state index contributed by atoms with van der Waals surface area (Å²) >= 11 is 6.10. The summed E-state index contributed by atoms with van der Waals surface area (Å²) in [6.45, 7) is 0.826. The van der Waals surface area contributed by atoms with E-state index in [2.05, 4.69) is 95.6 Å². The second-order valence-electron chi connectivity index (χ2n) is 7.99. The minimum absolute atomic E-state index is 0.762. The van der Waals surface area contributed by atoms with Crippen LogP contribution in [0.2, 0.25) is 5.02 Å². The zero-order chi connectivity index (χ0) is 22.5. The van der Waals surface area contributed by atoms with Crippen LogP contribution in [0.4, 0.5) is 0 Å². The molecule has 0 unspecified atom stereocenters. The van der Waals surface area contributed by atoms with Gasteiger partial charge in [0.1, 0.15) is 5.69 Å². The molecule has 0 bridgehead atoms. The number of pyridine rings is 2. The summed E-state index contributed by atoms with van der Waals surface area (Å²) < 4.78 is 2.39. The summed E-state index contributed by atoms with van der Waals surface area (Å²) in [7, 11) is 0. The molecule has 0 saturated heterocycles. The molecule has 0 aliphatic carbocycles. The summed E-state index contributed by atoms with van der Waals surface area (Å²) in [6, 6.07) is 39.9. The smallest absolute Gasteiger partial charge is 0.232 e. The van der Waals surface area contributed by atoms with Crippen LogP contribution in [-0.2, 0) is 13.0 Å². The van der Waals surface area contributed by atoms with Gasteiger partial charge in [0.2, 0.25) is 11.4 Å². The largest absolute Gasteiger partial charge is 0.250 e. The standard InChI is InChI=1S/C30H24ClN2/c31-27-16-14-23(15-17-27)18-20-33-29(25-11-5-2-6-12-25)21-26(24-9-3-1-4-10-24)22-30(33)28-13-7-8-19-32-28/h1-17,19,21-22H,18,20H2/q+1. The Labute approximate surface area is 199 Å². The predicted molar refractivity (Wildman–Crippen MR) is 136 cm³/mol. The van der Waals surface area contributed by atoms with Crippen LogP contribution in [-0.4, -0.2) is 4.98 Å². The van der Waals surface area contributed by atoms with E-state index < -0.39 is 0 Å². The Morgan fingerprint density at radius 2 is 1.24 bits per heavy atom. The van der Waals surface area contributed by atoms with Gasteiger partial charge in [-0.15, -0.1) is 0 Å². The highest BCUT2D eigenvalue weighted by Gasteiger charge is 2.23. The van der Waals surface area contributed by atoms with Crippen molar-refractivity contribution in [1.82, 2.24) is 4.98 Å². The summed E-state index contributed by atoms with van der Waals surface area (Å²) in [4.78, 5) is 4.71. The van der Waals surface area contributed by atoms with E-state index in [9.17, 15) is 0 Å². The third-order valence-corrected chi connectivity index (χ3v) is 6.06. The maximum Gasteiger partial charge on any atom is 0.232 e. The molecular formula is C30H24ClN2+. The monoisotopic (exact) mass is 447 g/mol. The first-order valence-corrected chi connectivity index (χ1v) is 11.5. The molecule has 0 aliphatic rings. The highest BCUT2D eigenvalue weighted by Crippen LogP contribution is 2.28.